The van der Waals surface area contributed by atoms with Crippen LogP contribution in [0.25, 0.3) is 10.9 Å². The number of hydrogen-bond donors (Lipinski definition) is 3. The minimum Gasteiger partial charge on any atom is -0.361 e. The number of fused-ring (bicyclic) bond motifs is 1. The number of para-hydroxylation sites is 1. The Kier molecular flexibility index (Phi) is 6.85. The standard InChI is InChI=1S/C25H25N3O4S2/c1-16(17-9-11-19(12-10-17)34(2,31)32)27-24(29)22(28-25(30)23-8-5-13-33-23)14-18-15-26-21-7-4-3-6-20(18)21/h3-13,15-16,22,26H,14H2,1-2H3,(H,27,29)(H,28,30)/t16?,22-/m0/s1. The summed E-state index contributed by atoms with van der Waals surface area (Å²) in [5.41, 5.74) is 2.64. The Balaban J connectivity index is 1.54. The topological polar surface area (TPSA) is 108 Å². The van der Waals surface area contributed by atoms with Gasteiger partial charge in [0.05, 0.1) is 15.8 Å². The number of thiophene rings is 1. The van der Waals surface area contributed by atoms with Crippen molar-refractivity contribution >= 4 is 43.9 Å². The Labute approximate surface area is 202 Å². The number of sulfone groups is 1. The quantitative estimate of drug-likeness (QED) is 0.345. The molecule has 2 atom stereocenters. The summed E-state index contributed by atoms with van der Waals surface area (Å²) in [5.74, 6) is -0.630. The minimum absolute atomic E-state index is 0.218. The number of nitrogens with one attached hydrogen (secondary N) is 3. The maximum Gasteiger partial charge on any atom is 0.262 e. The molecule has 2 amide bonds. The number of benzene rings is 2. The van der Waals surface area contributed by atoms with Crippen LogP contribution in [0.2, 0.25) is 0 Å². The Hall–Kier alpha value is -3.43. The van der Waals surface area contributed by atoms with Gasteiger partial charge in [-0.05, 0) is 47.7 Å². The maximum atomic E-state index is 13.3. The second-order valence-corrected chi connectivity index (χ2v) is 11.1. The zero-order valence-electron chi connectivity index (χ0n) is 18.7. The molecule has 0 bridgehead atoms. The van der Waals surface area contributed by atoms with Crippen molar-refractivity contribution in [3.05, 3.63) is 88.2 Å². The van der Waals surface area contributed by atoms with Crippen LogP contribution < -0.4 is 10.6 Å². The molecule has 0 saturated carbocycles. The van der Waals surface area contributed by atoms with Crippen LogP contribution in [0.1, 0.15) is 33.8 Å². The van der Waals surface area contributed by atoms with E-state index in [-0.39, 0.29) is 22.8 Å². The predicted molar refractivity (Wildman–Crippen MR) is 134 cm³/mol. The third-order valence-electron chi connectivity index (χ3n) is 5.63. The smallest absolute Gasteiger partial charge is 0.262 e. The summed E-state index contributed by atoms with van der Waals surface area (Å²) in [7, 11) is -3.30. The summed E-state index contributed by atoms with van der Waals surface area (Å²) >= 11 is 1.31. The second-order valence-electron chi connectivity index (χ2n) is 8.14. The van der Waals surface area contributed by atoms with E-state index in [0.29, 0.717) is 11.3 Å². The fraction of sp³-hybridized carbons (Fsp3) is 0.200. The molecule has 2 aromatic heterocycles. The highest BCUT2D eigenvalue weighted by molar-refractivity contribution is 7.90. The van der Waals surface area contributed by atoms with Crippen LogP contribution in [-0.2, 0) is 21.1 Å². The van der Waals surface area contributed by atoms with Gasteiger partial charge in [0, 0.05) is 29.8 Å². The van der Waals surface area contributed by atoms with Gasteiger partial charge in [-0.25, -0.2) is 8.42 Å². The molecular formula is C25H25N3O4S2. The van der Waals surface area contributed by atoms with E-state index in [0.717, 1.165) is 28.3 Å². The lowest BCUT2D eigenvalue weighted by Crippen LogP contribution is -2.48. The predicted octanol–water partition coefficient (Wildman–Crippen LogP) is 3.85. The number of amides is 2. The van der Waals surface area contributed by atoms with Crippen molar-refractivity contribution in [2.45, 2.75) is 30.3 Å². The number of aromatic amines is 1. The molecule has 0 saturated heterocycles. The average Bonchev–Trinajstić information content (AvgIpc) is 3.49. The van der Waals surface area contributed by atoms with Gasteiger partial charge in [-0.15, -0.1) is 11.3 Å². The van der Waals surface area contributed by atoms with E-state index in [4.69, 9.17) is 0 Å². The number of carbonyl (C=O) groups excluding carboxylic acids is 2. The zero-order chi connectivity index (χ0) is 24.3. The maximum absolute atomic E-state index is 13.3. The van der Waals surface area contributed by atoms with Crippen molar-refractivity contribution in [1.29, 1.82) is 0 Å². The Morgan fingerprint density at radius 2 is 1.74 bits per heavy atom. The van der Waals surface area contributed by atoms with Gasteiger partial charge in [-0.1, -0.05) is 36.4 Å². The van der Waals surface area contributed by atoms with E-state index in [9.17, 15) is 18.0 Å². The largest absolute Gasteiger partial charge is 0.361 e. The molecule has 176 valence electrons. The van der Waals surface area contributed by atoms with Gasteiger partial charge in [-0.2, -0.15) is 0 Å². The Morgan fingerprint density at radius 3 is 2.41 bits per heavy atom. The molecule has 0 aliphatic rings. The molecule has 2 heterocycles. The van der Waals surface area contributed by atoms with Crippen molar-refractivity contribution in [2.75, 3.05) is 6.26 Å². The highest BCUT2D eigenvalue weighted by Gasteiger charge is 2.25. The third kappa shape index (κ3) is 5.37. The molecule has 9 heteroatoms. The first-order valence-corrected chi connectivity index (χ1v) is 13.5. The van der Waals surface area contributed by atoms with Gasteiger partial charge >= 0.3 is 0 Å². The highest BCUT2D eigenvalue weighted by Crippen LogP contribution is 2.21. The fourth-order valence-electron chi connectivity index (χ4n) is 3.77. The Morgan fingerprint density at radius 1 is 1.00 bits per heavy atom. The lowest BCUT2D eigenvalue weighted by molar-refractivity contribution is -0.123. The van der Waals surface area contributed by atoms with Crippen molar-refractivity contribution in [1.82, 2.24) is 15.6 Å². The molecule has 1 unspecified atom stereocenters. The lowest BCUT2D eigenvalue weighted by Gasteiger charge is -2.21. The summed E-state index contributed by atoms with van der Waals surface area (Å²) in [5, 5.41) is 8.64. The molecule has 0 aliphatic heterocycles. The molecule has 34 heavy (non-hydrogen) atoms. The molecule has 0 fully saturated rings. The van der Waals surface area contributed by atoms with Gasteiger partial charge in [0.15, 0.2) is 9.84 Å². The van der Waals surface area contributed by atoms with Gasteiger partial charge in [-0.3, -0.25) is 9.59 Å². The number of carbonyl (C=O) groups is 2. The van der Waals surface area contributed by atoms with Crippen LogP contribution in [-0.4, -0.2) is 37.5 Å². The SMILES string of the molecule is CC(NC(=O)[C@H](Cc1c[nH]c2ccccc12)NC(=O)c1cccs1)c1ccc(S(C)(=O)=O)cc1. The normalized spacial score (nSPS) is 13.4. The molecule has 0 aliphatic carbocycles. The van der Waals surface area contributed by atoms with Gasteiger partial charge in [0.2, 0.25) is 5.91 Å². The van der Waals surface area contributed by atoms with E-state index in [1.54, 1.807) is 24.3 Å². The summed E-state index contributed by atoms with van der Waals surface area (Å²) in [6, 6.07) is 16.5. The molecule has 7 nitrogen and oxygen atoms in total. The summed E-state index contributed by atoms with van der Waals surface area (Å²) < 4.78 is 23.4. The molecular weight excluding hydrogens is 470 g/mol. The van der Waals surface area contributed by atoms with Crippen molar-refractivity contribution < 1.29 is 18.0 Å². The lowest BCUT2D eigenvalue weighted by atomic mass is 10.0. The first-order valence-electron chi connectivity index (χ1n) is 10.7. The summed E-state index contributed by atoms with van der Waals surface area (Å²) in [4.78, 5) is 30.0. The second kappa shape index (κ2) is 9.82. The van der Waals surface area contributed by atoms with Crippen molar-refractivity contribution in [3.63, 3.8) is 0 Å². The van der Waals surface area contributed by atoms with E-state index < -0.39 is 15.9 Å². The van der Waals surface area contributed by atoms with Gasteiger partial charge < -0.3 is 15.6 Å². The van der Waals surface area contributed by atoms with Crippen LogP contribution in [0.4, 0.5) is 0 Å². The first-order chi connectivity index (χ1) is 16.2. The molecule has 3 N–H and O–H groups in total. The number of H-pyrrole nitrogens is 1. The van der Waals surface area contributed by atoms with Gasteiger partial charge in [0.1, 0.15) is 6.04 Å². The summed E-state index contributed by atoms with van der Waals surface area (Å²) in [6.07, 6.45) is 3.32. The van der Waals surface area contributed by atoms with Crippen molar-refractivity contribution in [2.24, 2.45) is 0 Å². The fourth-order valence-corrected chi connectivity index (χ4v) is 5.03. The molecule has 2 aromatic carbocycles. The van der Waals surface area contributed by atoms with Crippen LogP contribution in [0.5, 0.6) is 0 Å². The molecule has 0 spiro atoms. The molecule has 0 radical (unpaired) electrons. The third-order valence-corrected chi connectivity index (χ3v) is 7.63. The van der Waals surface area contributed by atoms with E-state index in [1.165, 1.54) is 23.5 Å². The minimum atomic E-state index is -3.30. The van der Waals surface area contributed by atoms with E-state index in [1.807, 2.05) is 42.8 Å². The van der Waals surface area contributed by atoms with E-state index in [2.05, 4.69) is 15.6 Å². The average molecular weight is 496 g/mol. The van der Waals surface area contributed by atoms with Crippen LogP contribution in [0.3, 0.4) is 0 Å². The van der Waals surface area contributed by atoms with Gasteiger partial charge in [0.25, 0.3) is 5.91 Å². The first kappa shape index (κ1) is 23.7. The number of hydrogen-bond acceptors (Lipinski definition) is 5. The molecule has 4 aromatic rings. The number of rotatable bonds is 8. The number of aromatic nitrogens is 1. The van der Waals surface area contributed by atoms with Crippen molar-refractivity contribution in [3.8, 4) is 0 Å². The van der Waals surface area contributed by atoms with Crippen LogP contribution in [0, 0.1) is 0 Å². The van der Waals surface area contributed by atoms with E-state index >= 15 is 0 Å². The monoisotopic (exact) mass is 495 g/mol. The molecule has 4 rings (SSSR count). The zero-order valence-corrected chi connectivity index (χ0v) is 20.4. The highest BCUT2D eigenvalue weighted by atomic mass is 32.2. The Bertz CT molecular complexity index is 1410. The van der Waals surface area contributed by atoms with Crippen LogP contribution >= 0.6 is 11.3 Å². The summed E-state index contributed by atoms with van der Waals surface area (Å²) in [6.45, 7) is 1.82. The van der Waals surface area contributed by atoms with Crippen LogP contribution in [0.15, 0.2) is 77.1 Å².